The zero-order valence-electron chi connectivity index (χ0n) is 7.36. The summed E-state index contributed by atoms with van der Waals surface area (Å²) in [4.78, 5) is 32.9. The van der Waals surface area contributed by atoms with Crippen LogP contribution in [-0.2, 0) is 14.4 Å². The lowest BCUT2D eigenvalue weighted by Crippen LogP contribution is -2.38. The summed E-state index contributed by atoms with van der Waals surface area (Å²) in [5, 5.41) is 8.24. The predicted molar refractivity (Wildman–Crippen MR) is 43.0 cm³/mol. The molecular weight excluding hydrogens is 193 g/mol. The van der Waals surface area contributed by atoms with Crippen molar-refractivity contribution >= 4 is 17.8 Å². The number of carbonyl (C=O) groups excluding carboxylic acids is 2. The lowest BCUT2D eigenvalue weighted by atomic mass is 10.3. The minimum absolute atomic E-state index is 0.188. The maximum absolute atomic E-state index is 12.7. The quantitative estimate of drug-likeness (QED) is 0.637. The van der Waals surface area contributed by atoms with E-state index in [9.17, 15) is 18.8 Å². The van der Waals surface area contributed by atoms with Gasteiger partial charge in [-0.3, -0.25) is 14.5 Å². The molecule has 1 heterocycles. The molecule has 0 aliphatic carbocycles. The van der Waals surface area contributed by atoms with E-state index in [4.69, 9.17) is 5.11 Å². The molecule has 76 valence electrons. The van der Waals surface area contributed by atoms with E-state index in [-0.39, 0.29) is 5.57 Å². The molecule has 0 saturated carbocycles. The number of hydrogen-bond acceptors (Lipinski definition) is 3. The molecule has 1 aliphatic heterocycles. The third-order valence-corrected chi connectivity index (χ3v) is 1.80. The summed E-state index contributed by atoms with van der Waals surface area (Å²) in [6.07, 6.45) is -1.18. The van der Waals surface area contributed by atoms with Gasteiger partial charge in [0.15, 0.2) is 0 Å². The average Bonchev–Trinajstić information content (AvgIpc) is 2.32. The fourth-order valence-corrected chi connectivity index (χ4v) is 1.05. The van der Waals surface area contributed by atoms with Crippen molar-refractivity contribution in [1.29, 1.82) is 0 Å². The van der Waals surface area contributed by atoms with Gasteiger partial charge in [0.05, 0.1) is 6.54 Å². The van der Waals surface area contributed by atoms with Crippen LogP contribution < -0.4 is 0 Å². The second-order valence-electron chi connectivity index (χ2n) is 2.89. The van der Waals surface area contributed by atoms with Crippen molar-refractivity contribution in [2.24, 2.45) is 0 Å². The van der Waals surface area contributed by atoms with Crippen LogP contribution in [-0.4, -0.2) is 40.5 Å². The molecule has 5 nitrogen and oxygen atoms in total. The van der Waals surface area contributed by atoms with Crippen LogP contribution in [0.3, 0.4) is 0 Å². The van der Waals surface area contributed by atoms with Gasteiger partial charge in [0.2, 0.25) is 6.17 Å². The first-order valence-corrected chi connectivity index (χ1v) is 3.84. The standard InChI is InChI=1S/C8H8FNO4/c1-4-2-6(11)10(7(4)12)3-5(9)8(13)14/h2,5H,3H2,1H3,(H,13,14). The Bertz CT molecular complexity index is 336. The van der Waals surface area contributed by atoms with Crippen LogP contribution in [0.25, 0.3) is 0 Å². The lowest BCUT2D eigenvalue weighted by Gasteiger charge is -2.14. The SMILES string of the molecule is CC1=CC(=O)N(CC(F)C(=O)O)C1=O. The van der Waals surface area contributed by atoms with E-state index in [2.05, 4.69) is 0 Å². The van der Waals surface area contributed by atoms with Crippen LogP contribution in [0, 0.1) is 0 Å². The van der Waals surface area contributed by atoms with Gasteiger partial charge in [-0.1, -0.05) is 0 Å². The Balaban J connectivity index is 2.69. The normalized spacial score (nSPS) is 18.4. The number of imide groups is 1. The molecule has 2 amide bonds. The summed E-state index contributed by atoms with van der Waals surface area (Å²) < 4.78 is 12.7. The van der Waals surface area contributed by atoms with E-state index < -0.39 is 30.5 Å². The molecule has 6 heteroatoms. The molecule has 1 aliphatic rings. The van der Waals surface area contributed by atoms with E-state index >= 15 is 0 Å². The summed E-state index contributed by atoms with van der Waals surface area (Å²) in [5.74, 6) is -2.99. The second kappa shape index (κ2) is 3.57. The molecule has 0 bridgehead atoms. The molecule has 1 unspecified atom stereocenters. The number of amides is 2. The van der Waals surface area contributed by atoms with E-state index in [1.54, 1.807) is 0 Å². The number of halogens is 1. The number of nitrogens with zero attached hydrogens (tertiary/aromatic N) is 1. The first-order chi connectivity index (χ1) is 6.43. The van der Waals surface area contributed by atoms with Crippen LogP contribution in [0.5, 0.6) is 0 Å². The maximum atomic E-state index is 12.7. The molecule has 0 aromatic rings. The summed E-state index contributed by atoms with van der Waals surface area (Å²) in [7, 11) is 0. The van der Waals surface area contributed by atoms with Crippen LogP contribution in [0.2, 0.25) is 0 Å². The minimum atomic E-state index is -2.23. The molecule has 1 N–H and O–H groups in total. The predicted octanol–water partition coefficient (Wildman–Crippen LogP) is -0.276. The highest BCUT2D eigenvalue weighted by Crippen LogP contribution is 2.12. The largest absolute Gasteiger partial charge is 0.479 e. The molecule has 0 fully saturated rings. The molecule has 0 aromatic carbocycles. The number of rotatable bonds is 3. The smallest absolute Gasteiger partial charge is 0.340 e. The third-order valence-electron chi connectivity index (χ3n) is 1.80. The number of alkyl halides is 1. The van der Waals surface area contributed by atoms with Gasteiger partial charge in [0.25, 0.3) is 11.8 Å². The fourth-order valence-electron chi connectivity index (χ4n) is 1.05. The van der Waals surface area contributed by atoms with Crippen LogP contribution in [0.1, 0.15) is 6.92 Å². The second-order valence-corrected chi connectivity index (χ2v) is 2.89. The van der Waals surface area contributed by atoms with E-state index in [1.807, 2.05) is 0 Å². The third kappa shape index (κ3) is 1.78. The minimum Gasteiger partial charge on any atom is -0.479 e. The summed E-state index contributed by atoms with van der Waals surface area (Å²) in [6, 6.07) is 0. The van der Waals surface area contributed by atoms with E-state index in [0.717, 1.165) is 6.08 Å². The Morgan fingerprint density at radius 2 is 2.21 bits per heavy atom. The van der Waals surface area contributed by atoms with E-state index in [0.29, 0.717) is 4.90 Å². The highest BCUT2D eigenvalue weighted by Gasteiger charge is 2.32. The highest BCUT2D eigenvalue weighted by atomic mass is 19.1. The Labute approximate surface area is 78.8 Å². The molecule has 1 atom stereocenters. The lowest BCUT2D eigenvalue weighted by molar-refractivity contribution is -0.146. The number of hydrogen-bond donors (Lipinski definition) is 1. The van der Waals surface area contributed by atoms with Crippen molar-refractivity contribution in [1.82, 2.24) is 4.90 Å². The molecule has 1 rings (SSSR count). The molecule has 14 heavy (non-hydrogen) atoms. The van der Waals surface area contributed by atoms with Crippen molar-refractivity contribution in [2.45, 2.75) is 13.1 Å². The van der Waals surface area contributed by atoms with Gasteiger partial charge >= 0.3 is 5.97 Å². The zero-order valence-corrected chi connectivity index (χ0v) is 7.36. The number of carbonyl (C=O) groups is 3. The van der Waals surface area contributed by atoms with Gasteiger partial charge in [-0.05, 0) is 6.92 Å². The summed E-state index contributed by atoms with van der Waals surface area (Å²) in [6.45, 7) is 0.676. The van der Waals surface area contributed by atoms with Gasteiger partial charge in [-0.2, -0.15) is 0 Å². The first-order valence-electron chi connectivity index (χ1n) is 3.84. The van der Waals surface area contributed by atoms with Crippen LogP contribution in [0.15, 0.2) is 11.6 Å². The maximum Gasteiger partial charge on any atom is 0.340 e. The van der Waals surface area contributed by atoms with Crippen molar-refractivity contribution in [3.8, 4) is 0 Å². The number of carboxylic acid groups (broad SMARTS) is 1. The van der Waals surface area contributed by atoms with Gasteiger partial charge in [-0.25, -0.2) is 9.18 Å². The van der Waals surface area contributed by atoms with Crippen LogP contribution in [0.4, 0.5) is 4.39 Å². The number of aliphatic carboxylic acids is 1. The summed E-state index contributed by atoms with van der Waals surface area (Å²) >= 11 is 0. The fraction of sp³-hybridized carbons (Fsp3) is 0.375. The van der Waals surface area contributed by atoms with Crippen molar-refractivity contribution in [3.63, 3.8) is 0 Å². The summed E-state index contributed by atoms with van der Waals surface area (Å²) in [5.41, 5.74) is 0.188. The average molecular weight is 201 g/mol. The van der Waals surface area contributed by atoms with E-state index in [1.165, 1.54) is 6.92 Å². The van der Waals surface area contributed by atoms with Gasteiger partial charge < -0.3 is 5.11 Å². The molecule has 0 saturated heterocycles. The van der Waals surface area contributed by atoms with Gasteiger partial charge in [0.1, 0.15) is 0 Å². The van der Waals surface area contributed by atoms with Crippen molar-refractivity contribution < 1.29 is 23.9 Å². The molecule has 0 radical (unpaired) electrons. The molecule has 0 aromatic heterocycles. The Morgan fingerprint density at radius 1 is 1.64 bits per heavy atom. The Kier molecular flexibility index (Phi) is 2.64. The van der Waals surface area contributed by atoms with Gasteiger partial charge in [-0.15, -0.1) is 0 Å². The molecule has 0 spiro atoms. The number of carboxylic acids is 1. The van der Waals surface area contributed by atoms with Gasteiger partial charge in [0, 0.05) is 11.6 Å². The first kappa shape index (κ1) is 10.4. The zero-order chi connectivity index (χ0) is 10.9. The van der Waals surface area contributed by atoms with Crippen molar-refractivity contribution in [2.75, 3.05) is 6.54 Å². The monoisotopic (exact) mass is 201 g/mol. The van der Waals surface area contributed by atoms with Crippen LogP contribution >= 0.6 is 0 Å². The Hall–Kier alpha value is -1.72. The topological polar surface area (TPSA) is 74.7 Å². The highest BCUT2D eigenvalue weighted by molar-refractivity contribution is 6.16. The molecular formula is C8H8FNO4. The van der Waals surface area contributed by atoms with Crippen molar-refractivity contribution in [3.05, 3.63) is 11.6 Å². The Morgan fingerprint density at radius 3 is 2.57 bits per heavy atom.